The van der Waals surface area contributed by atoms with Gasteiger partial charge in [-0.1, -0.05) is 60.7 Å². The number of carbonyl (C=O) groups is 1. The first-order valence-corrected chi connectivity index (χ1v) is 10.8. The number of ether oxygens (including phenoxy) is 1. The van der Waals surface area contributed by atoms with Crippen molar-refractivity contribution in [1.82, 2.24) is 20.0 Å². The van der Waals surface area contributed by atoms with Gasteiger partial charge in [0, 0.05) is 24.2 Å². The lowest BCUT2D eigenvalue weighted by atomic mass is 10.1. The number of unbranched alkanes of at least 4 members (excludes halogenated alkanes) is 1. The molecule has 0 saturated carbocycles. The SMILES string of the molecule is NSNCCCCC(NC(=O)OCc1ccccc1)c1cnc(-c2ccccc2)[nH]1. The molecule has 0 saturated heterocycles. The number of benzene rings is 2. The Labute approximate surface area is 181 Å². The third-order valence-corrected chi connectivity index (χ3v) is 5.00. The van der Waals surface area contributed by atoms with E-state index in [0.717, 1.165) is 60.6 Å². The second-order valence-corrected chi connectivity index (χ2v) is 7.34. The molecule has 1 amide bonds. The monoisotopic (exact) mass is 425 g/mol. The van der Waals surface area contributed by atoms with Gasteiger partial charge in [-0.25, -0.2) is 9.78 Å². The quantitative estimate of drug-likeness (QED) is 0.269. The fourth-order valence-electron chi connectivity index (χ4n) is 3.07. The highest BCUT2D eigenvalue weighted by Crippen LogP contribution is 2.22. The van der Waals surface area contributed by atoms with Gasteiger partial charge in [0.15, 0.2) is 0 Å². The molecule has 3 rings (SSSR count). The Kier molecular flexibility index (Phi) is 8.77. The highest BCUT2D eigenvalue weighted by Gasteiger charge is 2.18. The lowest BCUT2D eigenvalue weighted by Gasteiger charge is -2.17. The minimum atomic E-state index is -0.449. The van der Waals surface area contributed by atoms with Gasteiger partial charge >= 0.3 is 6.09 Å². The number of nitrogens with two attached hydrogens (primary N) is 1. The average Bonchev–Trinajstić information content (AvgIpc) is 3.28. The van der Waals surface area contributed by atoms with Crippen molar-refractivity contribution in [3.63, 3.8) is 0 Å². The number of imidazole rings is 1. The van der Waals surface area contributed by atoms with Crippen LogP contribution >= 0.6 is 12.1 Å². The fraction of sp³-hybridized carbons (Fsp3) is 0.273. The zero-order chi connectivity index (χ0) is 21.0. The van der Waals surface area contributed by atoms with Gasteiger partial charge in [-0.2, -0.15) is 0 Å². The number of hydrogen-bond acceptors (Lipinski definition) is 6. The van der Waals surface area contributed by atoms with Crippen LogP contribution in [0.3, 0.4) is 0 Å². The largest absolute Gasteiger partial charge is 0.445 e. The van der Waals surface area contributed by atoms with Gasteiger partial charge in [-0.15, -0.1) is 0 Å². The van der Waals surface area contributed by atoms with Crippen LogP contribution in [-0.4, -0.2) is 22.6 Å². The molecule has 158 valence electrons. The van der Waals surface area contributed by atoms with E-state index in [4.69, 9.17) is 9.88 Å². The number of amides is 1. The van der Waals surface area contributed by atoms with Crippen LogP contribution in [-0.2, 0) is 11.3 Å². The molecule has 1 heterocycles. The first-order valence-electron chi connectivity index (χ1n) is 9.92. The Bertz CT molecular complexity index is 889. The van der Waals surface area contributed by atoms with E-state index in [1.807, 2.05) is 60.7 Å². The molecular formula is C22H27N5O2S. The number of nitrogens with one attached hydrogen (secondary N) is 3. The topological polar surface area (TPSA) is 105 Å². The Morgan fingerprint density at radius 2 is 1.83 bits per heavy atom. The van der Waals surface area contributed by atoms with Crippen LogP contribution in [0.5, 0.6) is 0 Å². The zero-order valence-electron chi connectivity index (χ0n) is 16.7. The maximum Gasteiger partial charge on any atom is 0.408 e. The summed E-state index contributed by atoms with van der Waals surface area (Å²) in [4.78, 5) is 20.2. The number of carbonyl (C=O) groups excluding carboxylic acids is 1. The van der Waals surface area contributed by atoms with E-state index in [2.05, 4.69) is 20.0 Å². The molecule has 0 aliphatic rings. The number of aromatic nitrogens is 2. The van der Waals surface area contributed by atoms with Gasteiger partial charge in [-0.05, 0) is 24.8 Å². The summed E-state index contributed by atoms with van der Waals surface area (Å²) in [6.45, 7) is 1.04. The van der Waals surface area contributed by atoms with E-state index in [9.17, 15) is 4.79 Å². The van der Waals surface area contributed by atoms with Crippen LogP contribution < -0.4 is 15.2 Å². The molecule has 0 spiro atoms. The molecule has 0 aliphatic carbocycles. The first kappa shape index (κ1) is 21.9. The number of aromatic amines is 1. The van der Waals surface area contributed by atoms with E-state index in [1.54, 1.807) is 6.20 Å². The molecule has 3 aromatic rings. The zero-order valence-corrected chi connectivity index (χ0v) is 17.5. The van der Waals surface area contributed by atoms with E-state index < -0.39 is 6.09 Å². The Balaban J connectivity index is 1.62. The molecular weight excluding hydrogens is 398 g/mol. The van der Waals surface area contributed by atoms with Gasteiger partial charge in [0.25, 0.3) is 0 Å². The first-order chi connectivity index (χ1) is 14.8. The van der Waals surface area contributed by atoms with Crippen LogP contribution in [0, 0.1) is 0 Å². The standard InChI is InChI=1S/C22H27N5O2S/c23-30-25-14-8-7-13-19(27-22(28)29-16-17-9-3-1-4-10-17)20-15-24-21(26-20)18-11-5-2-6-12-18/h1-6,9-12,15,19,25H,7-8,13-14,16,23H2,(H,24,26)(H,27,28). The van der Waals surface area contributed by atoms with Crippen molar-refractivity contribution < 1.29 is 9.53 Å². The summed E-state index contributed by atoms with van der Waals surface area (Å²) in [5.41, 5.74) is 2.80. The Morgan fingerprint density at radius 3 is 2.57 bits per heavy atom. The third kappa shape index (κ3) is 6.91. The van der Waals surface area contributed by atoms with Gasteiger partial charge < -0.3 is 15.0 Å². The number of rotatable bonds is 11. The summed E-state index contributed by atoms with van der Waals surface area (Å²) in [5, 5.41) is 8.36. The van der Waals surface area contributed by atoms with E-state index >= 15 is 0 Å². The summed E-state index contributed by atoms with van der Waals surface area (Å²) >= 11 is 1.12. The molecule has 0 radical (unpaired) electrons. The predicted octanol–water partition coefficient (Wildman–Crippen LogP) is 4.33. The molecule has 0 aliphatic heterocycles. The Hall–Kier alpha value is -2.81. The van der Waals surface area contributed by atoms with Crippen molar-refractivity contribution in [3.8, 4) is 11.4 Å². The molecule has 5 N–H and O–H groups in total. The van der Waals surface area contributed by atoms with E-state index in [1.165, 1.54) is 0 Å². The van der Waals surface area contributed by atoms with Crippen LogP contribution in [0.4, 0.5) is 4.79 Å². The predicted molar refractivity (Wildman–Crippen MR) is 120 cm³/mol. The second-order valence-electron chi connectivity index (χ2n) is 6.82. The smallest absolute Gasteiger partial charge is 0.408 e. The maximum atomic E-state index is 12.4. The minimum absolute atomic E-state index is 0.219. The molecule has 0 fully saturated rings. The highest BCUT2D eigenvalue weighted by atomic mass is 32.2. The summed E-state index contributed by atoms with van der Waals surface area (Å²) in [6.07, 6.45) is 3.94. The maximum absolute atomic E-state index is 12.4. The molecule has 2 aromatic carbocycles. The molecule has 0 bridgehead atoms. The molecule has 1 aromatic heterocycles. The van der Waals surface area contributed by atoms with Gasteiger partial charge in [0.1, 0.15) is 12.4 Å². The molecule has 1 atom stereocenters. The molecule has 8 heteroatoms. The Morgan fingerprint density at radius 1 is 1.10 bits per heavy atom. The van der Waals surface area contributed by atoms with Crippen LogP contribution in [0.25, 0.3) is 11.4 Å². The van der Waals surface area contributed by atoms with E-state index in [0.29, 0.717) is 0 Å². The van der Waals surface area contributed by atoms with Crippen LogP contribution in [0.2, 0.25) is 0 Å². The summed E-state index contributed by atoms with van der Waals surface area (Å²) < 4.78 is 8.43. The summed E-state index contributed by atoms with van der Waals surface area (Å²) in [6, 6.07) is 19.3. The molecule has 7 nitrogen and oxygen atoms in total. The van der Waals surface area contributed by atoms with Crippen molar-refractivity contribution in [2.45, 2.75) is 31.9 Å². The lowest BCUT2D eigenvalue weighted by Crippen LogP contribution is -2.29. The lowest BCUT2D eigenvalue weighted by molar-refractivity contribution is 0.134. The van der Waals surface area contributed by atoms with Crippen molar-refractivity contribution in [2.24, 2.45) is 5.14 Å². The molecule has 30 heavy (non-hydrogen) atoms. The number of hydrogen-bond donors (Lipinski definition) is 4. The van der Waals surface area contributed by atoms with Crippen LogP contribution in [0.1, 0.15) is 36.6 Å². The molecule has 1 unspecified atom stereocenters. The van der Waals surface area contributed by atoms with Crippen molar-refractivity contribution in [2.75, 3.05) is 6.54 Å². The van der Waals surface area contributed by atoms with E-state index in [-0.39, 0.29) is 12.6 Å². The normalized spacial score (nSPS) is 11.8. The number of alkyl carbamates (subject to hydrolysis) is 1. The van der Waals surface area contributed by atoms with Crippen LogP contribution in [0.15, 0.2) is 66.9 Å². The van der Waals surface area contributed by atoms with Crippen molar-refractivity contribution in [3.05, 3.63) is 78.1 Å². The summed E-state index contributed by atoms with van der Waals surface area (Å²) in [7, 11) is 0. The van der Waals surface area contributed by atoms with Gasteiger partial charge in [0.05, 0.1) is 17.9 Å². The van der Waals surface area contributed by atoms with Gasteiger partial charge in [-0.3, -0.25) is 9.86 Å². The minimum Gasteiger partial charge on any atom is -0.445 e. The van der Waals surface area contributed by atoms with Crippen molar-refractivity contribution >= 4 is 18.2 Å². The average molecular weight is 426 g/mol. The fourth-order valence-corrected chi connectivity index (χ4v) is 3.33. The second kappa shape index (κ2) is 12.0. The highest BCUT2D eigenvalue weighted by molar-refractivity contribution is 7.95. The number of H-pyrrole nitrogens is 1. The number of nitrogens with zero attached hydrogens (tertiary/aromatic N) is 1. The third-order valence-electron chi connectivity index (χ3n) is 4.63. The van der Waals surface area contributed by atoms with Gasteiger partial charge in [0.2, 0.25) is 0 Å². The summed E-state index contributed by atoms with van der Waals surface area (Å²) in [5.74, 6) is 0.774. The van der Waals surface area contributed by atoms with Crippen molar-refractivity contribution in [1.29, 1.82) is 0 Å².